The molecule has 0 aromatic carbocycles. The molecule has 0 unspecified atom stereocenters. The van der Waals surface area contributed by atoms with E-state index in [1.54, 1.807) is 34.9 Å². The van der Waals surface area contributed by atoms with Crippen molar-refractivity contribution < 1.29 is 5.11 Å². The van der Waals surface area contributed by atoms with Crippen LogP contribution in [0.3, 0.4) is 0 Å². The first-order valence-corrected chi connectivity index (χ1v) is 15.0. The van der Waals surface area contributed by atoms with Gasteiger partial charge < -0.3 is 15.7 Å². The maximum Gasteiger partial charge on any atom is 0.281 e. The Hall–Kier alpha value is -5.06. The van der Waals surface area contributed by atoms with Crippen LogP contribution in [0.5, 0.6) is 5.88 Å². The van der Waals surface area contributed by atoms with Crippen molar-refractivity contribution in [1.29, 1.82) is 0 Å². The molecular weight excluding hydrogens is 584 g/mol. The third kappa shape index (κ3) is 9.23. The van der Waals surface area contributed by atoms with Gasteiger partial charge in [-0.05, 0) is 91.5 Å². The Kier molecular flexibility index (Phi) is 15.8. The molecule has 3 rings (SSSR count). The van der Waals surface area contributed by atoms with E-state index < -0.39 is 0 Å². The molecule has 46 heavy (non-hydrogen) atoms. The minimum absolute atomic E-state index is 0.00931. The summed E-state index contributed by atoms with van der Waals surface area (Å²) in [5.74, 6) is 1.46. The molecule has 0 amide bonds. The number of nitrogens with one attached hydrogen (secondary N) is 2. The van der Waals surface area contributed by atoms with Crippen LogP contribution < -0.4 is 16.2 Å². The molecule has 0 saturated carbocycles. The van der Waals surface area contributed by atoms with Gasteiger partial charge in [0.25, 0.3) is 5.56 Å². The van der Waals surface area contributed by atoms with Crippen LogP contribution in [0.2, 0.25) is 0 Å². The van der Waals surface area contributed by atoms with E-state index in [9.17, 15) is 9.90 Å². The van der Waals surface area contributed by atoms with Gasteiger partial charge in [-0.2, -0.15) is 30.7 Å². The standard InChI is InChI=1S/C11H15N5.C11H18N4.C10H15N3O2/c1-6-14-11-10(12-4)7(2)9(16-13-5)8(3)15-11;1-6-13-11-10(15-12-5)8(3)7(2)9(4)14-11;1-5-13-9(14)7(3)6(2)8(10(13)15)12-11-4/h6H2,1-3,5H3,(H,14,15);6H2,1-5H3,(H,13,14);14H,5H2,1-4H3. The second-order valence-corrected chi connectivity index (χ2v) is 10.1. The number of anilines is 2. The highest BCUT2D eigenvalue weighted by Crippen LogP contribution is 2.36. The summed E-state index contributed by atoms with van der Waals surface area (Å²) >= 11 is 0. The quantitative estimate of drug-likeness (QED) is 0.166. The Balaban J connectivity index is 0.000000345. The molecule has 0 saturated heterocycles. The minimum Gasteiger partial charge on any atom is -0.494 e. The topological polar surface area (TPSA) is 171 Å². The van der Waals surface area contributed by atoms with Gasteiger partial charge in [0.05, 0.1) is 18.0 Å². The Morgan fingerprint density at radius 2 is 1.17 bits per heavy atom. The number of aromatic hydroxyl groups is 1. The van der Waals surface area contributed by atoms with Crippen molar-refractivity contribution in [2.24, 2.45) is 30.7 Å². The number of rotatable bonds is 8. The van der Waals surface area contributed by atoms with Crippen molar-refractivity contribution in [1.82, 2.24) is 14.5 Å². The number of aryl methyl sites for hydroxylation is 2. The zero-order valence-corrected chi connectivity index (χ0v) is 29.4. The van der Waals surface area contributed by atoms with Crippen molar-refractivity contribution in [3.8, 4) is 5.88 Å². The van der Waals surface area contributed by atoms with Crippen molar-refractivity contribution in [3.63, 3.8) is 0 Å². The van der Waals surface area contributed by atoms with Crippen LogP contribution in [0, 0.1) is 55.0 Å². The molecule has 3 aromatic heterocycles. The second-order valence-electron chi connectivity index (χ2n) is 10.1. The maximum absolute atomic E-state index is 11.8. The number of aromatic nitrogens is 3. The van der Waals surface area contributed by atoms with E-state index in [2.05, 4.69) is 70.0 Å². The Bertz CT molecular complexity index is 1700. The molecule has 0 fully saturated rings. The first-order chi connectivity index (χ1) is 21.8. The van der Waals surface area contributed by atoms with E-state index in [1.807, 2.05) is 34.6 Å². The van der Waals surface area contributed by atoms with Crippen LogP contribution in [0.25, 0.3) is 4.85 Å². The average Bonchev–Trinajstić information content (AvgIpc) is 3.02. The summed E-state index contributed by atoms with van der Waals surface area (Å²) in [6.07, 6.45) is 0. The zero-order valence-electron chi connectivity index (χ0n) is 29.4. The lowest BCUT2D eigenvalue weighted by atomic mass is 10.1. The SMILES string of the molecule is CCNc1nc(C)c(C)c(C)c1N=NC.CCn1c(O)c(C)c(C)c(N=NC)c1=O.[C-]#[N+]c1c(NCC)nc(C)c(N=NC)c1C. The van der Waals surface area contributed by atoms with Crippen LogP contribution >= 0.6 is 0 Å². The molecule has 0 aliphatic heterocycles. The van der Waals surface area contributed by atoms with E-state index >= 15 is 0 Å². The van der Waals surface area contributed by atoms with Crippen LogP contribution in [0.4, 0.5) is 34.4 Å². The number of azo groups is 3. The Morgan fingerprint density at radius 3 is 1.67 bits per heavy atom. The highest BCUT2D eigenvalue weighted by Gasteiger charge is 2.16. The van der Waals surface area contributed by atoms with E-state index in [0.717, 1.165) is 47.1 Å². The number of pyridine rings is 3. The zero-order chi connectivity index (χ0) is 35.1. The lowest BCUT2D eigenvalue weighted by Gasteiger charge is -2.12. The lowest BCUT2D eigenvalue weighted by Crippen LogP contribution is -2.20. The molecule has 14 heteroatoms. The number of hydrogen-bond donors (Lipinski definition) is 3. The molecule has 3 heterocycles. The minimum atomic E-state index is -0.302. The van der Waals surface area contributed by atoms with E-state index in [1.165, 1.54) is 17.2 Å². The fraction of sp³-hybridized carbons (Fsp3) is 0.500. The van der Waals surface area contributed by atoms with Gasteiger partial charge in [0.2, 0.25) is 5.69 Å². The highest BCUT2D eigenvalue weighted by atomic mass is 16.3. The van der Waals surface area contributed by atoms with Gasteiger partial charge in [0.15, 0.2) is 17.4 Å². The van der Waals surface area contributed by atoms with Crippen molar-refractivity contribution in [2.75, 3.05) is 44.9 Å². The molecule has 0 radical (unpaired) electrons. The molecule has 248 valence electrons. The molecule has 0 aliphatic carbocycles. The molecule has 3 N–H and O–H groups in total. The summed E-state index contributed by atoms with van der Waals surface area (Å²) < 4.78 is 1.28. The Morgan fingerprint density at radius 1 is 0.696 bits per heavy atom. The first-order valence-electron chi connectivity index (χ1n) is 15.0. The monoisotopic (exact) mass is 632 g/mol. The molecular formula is C32H48N12O2. The smallest absolute Gasteiger partial charge is 0.281 e. The van der Waals surface area contributed by atoms with Gasteiger partial charge in [-0.15, -0.1) is 0 Å². The van der Waals surface area contributed by atoms with Crippen LogP contribution in [-0.2, 0) is 6.54 Å². The summed E-state index contributed by atoms with van der Waals surface area (Å²) in [4.78, 5) is 24.1. The summed E-state index contributed by atoms with van der Waals surface area (Å²) in [6.45, 7) is 28.3. The van der Waals surface area contributed by atoms with Crippen molar-refractivity contribution in [2.45, 2.75) is 75.8 Å². The summed E-state index contributed by atoms with van der Waals surface area (Å²) in [7, 11) is 4.79. The van der Waals surface area contributed by atoms with E-state index in [-0.39, 0.29) is 11.4 Å². The molecule has 14 nitrogen and oxygen atoms in total. The van der Waals surface area contributed by atoms with E-state index in [0.29, 0.717) is 40.6 Å². The lowest BCUT2D eigenvalue weighted by molar-refractivity contribution is 0.406. The first kappa shape index (κ1) is 39.0. The third-order valence-electron chi connectivity index (χ3n) is 7.19. The summed E-state index contributed by atoms with van der Waals surface area (Å²) in [5.41, 5.74) is 8.37. The largest absolute Gasteiger partial charge is 0.494 e. The predicted octanol–water partition coefficient (Wildman–Crippen LogP) is 8.45. The molecule has 0 aliphatic rings. The Labute approximate surface area is 272 Å². The van der Waals surface area contributed by atoms with Gasteiger partial charge in [0, 0.05) is 52.0 Å². The molecule has 0 spiro atoms. The van der Waals surface area contributed by atoms with Gasteiger partial charge in [-0.25, -0.2) is 14.8 Å². The van der Waals surface area contributed by atoms with Gasteiger partial charge >= 0.3 is 0 Å². The molecule has 3 aromatic rings. The fourth-order valence-electron chi connectivity index (χ4n) is 4.40. The van der Waals surface area contributed by atoms with Crippen molar-refractivity contribution in [3.05, 3.63) is 61.0 Å². The predicted molar refractivity (Wildman–Crippen MR) is 186 cm³/mol. The van der Waals surface area contributed by atoms with Crippen LogP contribution in [0.15, 0.2) is 35.5 Å². The second kappa shape index (κ2) is 18.7. The van der Waals surface area contributed by atoms with Gasteiger partial charge in [-0.3, -0.25) is 9.36 Å². The van der Waals surface area contributed by atoms with E-state index in [4.69, 9.17) is 6.57 Å². The van der Waals surface area contributed by atoms with Gasteiger partial charge in [-0.1, -0.05) is 0 Å². The summed E-state index contributed by atoms with van der Waals surface area (Å²) in [5, 5.41) is 39.1. The molecule has 0 bridgehead atoms. The van der Waals surface area contributed by atoms with Crippen molar-refractivity contribution >= 4 is 34.4 Å². The normalized spacial score (nSPS) is 10.9. The maximum atomic E-state index is 11.8. The molecule has 0 atom stereocenters. The van der Waals surface area contributed by atoms with Gasteiger partial charge in [0.1, 0.15) is 11.5 Å². The highest BCUT2D eigenvalue weighted by molar-refractivity contribution is 5.76. The number of nitrogens with zero attached hydrogens (tertiary/aromatic N) is 10. The summed E-state index contributed by atoms with van der Waals surface area (Å²) in [6, 6.07) is 0. The third-order valence-corrected chi connectivity index (χ3v) is 7.19. The van der Waals surface area contributed by atoms with Crippen LogP contribution in [0.1, 0.15) is 60.0 Å². The fourth-order valence-corrected chi connectivity index (χ4v) is 4.40. The van der Waals surface area contributed by atoms with Crippen LogP contribution in [-0.4, -0.2) is 53.9 Å². The average molecular weight is 633 g/mol. The number of hydrogen-bond acceptors (Lipinski definition) is 12.